The summed E-state index contributed by atoms with van der Waals surface area (Å²) in [6.07, 6.45) is 4.32. The Hall–Kier alpha value is 0.756. The molecule has 1 aliphatic carbocycles. The zero-order valence-corrected chi connectivity index (χ0v) is 14.7. The first-order valence-electron chi connectivity index (χ1n) is 5.91. The van der Waals surface area contributed by atoms with Crippen molar-refractivity contribution in [2.75, 3.05) is 0 Å². The van der Waals surface area contributed by atoms with E-state index in [4.69, 9.17) is 0 Å². The Balaban J connectivity index is 2.61. The molecule has 0 aliphatic heterocycles. The van der Waals surface area contributed by atoms with Crippen LogP contribution in [0, 0.1) is 0 Å². The summed E-state index contributed by atoms with van der Waals surface area (Å²) in [5, 5.41) is 1.93. The van der Waals surface area contributed by atoms with Gasteiger partial charge in [-0.1, -0.05) is 0 Å². The molecule has 0 spiro atoms. The van der Waals surface area contributed by atoms with Crippen molar-refractivity contribution < 1.29 is 0 Å². The molecule has 0 atom stereocenters. The summed E-state index contributed by atoms with van der Waals surface area (Å²) in [5.74, 6) is 0. The summed E-state index contributed by atoms with van der Waals surface area (Å²) < 4.78 is 1.57. The van der Waals surface area contributed by atoms with Crippen molar-refractivity contribution in [3.8, 4) is 0 Å². The van der Waals surface area contributed by atoms with Gasteiger partial charge in [-0.25, -0.2) is 0 Å². The molecule has 0 nitrogen and oxygen atoms in total. The van der Waals surface area contributed by atoms with Crippen molar-refractivity contribution in [1.29, 1.82) is 0 Å². The zero-order valence-electron chi connectivity index (χ0n) is 10.8. The van der Waals surface area contributed by atoms with Gasteiger partial charge in [0.05, 0.1) is 0 Å². The van der Waals surface area contributed by atoms with Crippen LogP contribution in [-0.4, -0.2) is 26.5 Å². The van der Waals surface area contributed by atoms with Crippen LogP contribution in [0.1, 0.15) is 19.3 Å². The van der Waals surface area contributed by atoms with E-state index in [9.17, 15) is 0 Å². The zero-order chi connectivity index (χ0) is 11.0. The van der Waals surface area contributed by atoms with E-state index in [-0.39, 0.29) is 0 Å². The molecule has 2 heteroatoms. The van der Waals surface area contributed by atoms with Crippen LogP contribution in [-0.2, 0) is 0 Å². The molecular weight excluding hydrogens is 291 g/mol. The summed E-state index contributed by atoms with van der Waals surface area (Å²) >= 11 is -1.51. The van der Waals surface area contributed by atoms with Gasteiger partial charge in [0.1, 0.15) is 0 Å². The maximum absolute atomic E-state index is 2.56. The van der Waals surface area contributed by atoms with Gasteiger partial charge in [-0.2, -0.15) is 0 Å². The van der Waals surface area contributed by atoms with E-state index < -0.39 is 26.5 Å². The molecular formula is C12H26SiSn. The van der Waals surface area contributed by atoms with E-state index in [1.807, 2.05) is 10.8 Å². The fourth-order valence-corrected chi connectivity index (χ4v) is 7.70. The third-order valence-electron chi connectivity index (χ3n) is 2.96. The van der Waals surface area contributed by atoms with Crippen molar-refractivity contribution in [2.45, 2.75) is 58.2 Å². The first-order chi connectivity index (χ1) is 6.20. The normalized spacial score (nSPS) is 17.1. The van der Waals surface area contributed by atoms with Gasteiger partial charge in [0, 0.05) is 0 Å². The van der Waals surface area contributed by atoms with Gasteiger partial charge in [0.25, 0.3) is 0 Å². The second-order valence-corrected chi connectivity index (χ2v) is 28.0. The van der Waals surface area contributed by atoms with Crippen LogP contribution in [0.3, 0.4) is 0 Å². The predicted molar refractivity (Wildman–Crippen MR) is 72.4 cm³/mol. The van der Waals surface area contributed by atoms with Crippen LogP contribution in [0.15, 0.2) is 10.8 Å². The topological polar surface area (TPSA) is 0 Å². The second kappa shape index (κ2) is 4.32. The van der Waals surface area contributed by atoms with E-state index in [0.29, 0.717) is 0 Å². The van der Waals surface area contributed by atoms with Crippen molar-refractivity contribution in [1.82, 2.24) is 0 Å². The third-order valence-corrected chi connectivity index (χ3v) is 10.4. The molecule has 1 rings (SSSR count). The summed E-state index contributed by atoms with van der Waals surface area (Å²) in [5.41, 5.74) is 1.85. The van der Waals surface area contributed by atoms with Crippen molar-refractivity contribution in [3.05, 3.63) is 10.8 Å². The number of rotatable bonds is 4. The third kappa shape index (κ3) is 4.52. The second-order valence-electron chi connectivity index (χ2n) is 6.89. The van der Waals surface area contributed by atoms with E-state index in [1.165, 1.54) is 19.3 Å². The summed E-state index contributed by atoms with van der Waals surface area (Å²) in [4.78, 5) is 7.69. The number of allylic oxidation sites excluding steroid dienone is 2. The van der Waals surface area contributed by atoms with Gasteiger partial charge < -0.3 is 0 Å². The Labute approximate surface area is 95.1 Å². The number of hydrogen-bond donors (Lipinski definition) is 0. The fraction of sp³-hybridized carbons (Fsp3) is 0.833. The molecule has 0 heterocycles. The minimum absolute atomic E-state index is 0.974. The molecule has 0 saturated heterocycles. The van der Waals surface area contributed by atoms with E-state index in [0.717, 1.165) is 0 Å². The van der Waals surface area contributed by atoms with Crippen molar-refractivity contribution in [2.24, 2.45) is 0 Å². The Bertz CT molecular complexity index is 234. The summed E-state index contributed by atoms with van der Waals surface area (Å²) in [6.45, 7) is 7.56. The molecule has 1 aliphatic rings. The maximum atomic E-state index is 2.56. The summed E-state index contributed by atoms with van der Waals surface area (Å²) in [7, 11) is -0.974. The van der Waals surface area contributed by atoms with Crippen LogP contribution in [0.25, 0.3) is 0 Å². The van der Waals surface area contributed by atoms with Crippen molar-refractivity contribution >= 4 is 26.5 Å². The monoisotopic (exact) mass is 318 g/mol. The molecule has 0 amide bonds. The van der Waals surface area contributed by atoms with Crippen LogP contribution in [0.5, 0.6) is 0 Å². The molecule has 0 radical (unpaired) electrons. The molecule has 0 aromatic heterocycles. The van der Waals surface area contributed by atoms with Crippen LogP contribution < -0.4 is 0 Å². The Kier molecular flexibility index (Phi) is 3.96. The molecule has 0 bridgehead atoms. The van der Waals surface area contributed by atoms with Gasteiger partial charge in [-0.15, -0.1) is 0 Å². The molecule has 82 valence electrons. The Morgan fingerprint density at radius 1 is 1.14 bits per heavy atom. The van der Waals surface area contributed by atoms with Gasteiger partial charge in [-0.05, 0) is 0 Å². The molecule has 14 heavy (non-hydrogen) atoms. The van der Waals surface area contributed by atoms with Gasteiger partial charge in [0.15, 0.2) is 0 Å². The first kappa shape index (κ1) is 12.8. The molecule has 1 fully saturated rings. The average molecular weight is 317 g/mol. The minimum atomic E-state index is -1.51. The fourth-order valence-electron chi connectivity index (χ4n) is 1.95. The molecule has 1 saturated carbocycles. The summed E-state index contributed by atoms with van der Waals surface area (Å²) in [6, 6.07) is 0. The predicted octanol–water partition coefficient (Wildman–Crippen LogP) is 4.68. The van der Waals surface area contributed by atoms with Crippen LogP contribution >= 0.6 is 0 Å². The van der Waals surface area contributed by atoms with Crippen LogP contribution in [0.2, 0.25) is 38.9 Å². The molecule has 0 N–H and O–H groups in total. The number of hydrogen-bond acceptors (Lipinski definition) is 0. The van der Waals surface area contributed by atoms with E-state index >= 15 is 0 Å². The SMILES string of the molecule is C[Si](C)(C)C(C[CH2][Sn]([CH3])([CH3])[CH3])=C1CC1. The first-order valence-corrected chi connectivity index (χ1v) is 20.0. The van der Waals surface area contributed by atoms with Crippen LogP contribution in [0.4, 0.5) is 0 Å². The Morgan fingerprint density at radius 2 is 1.64 bits per heavy atom. The van der Waals surface area contributed by atoms with Gasteiger partial charge >= 0.3 is 95.4 Å². The Morgan fingerprint density at radius 3 is 1.93 bits per heavy atom. The van der Waals surface area contributed by atoms with Crippen molar-refractivity contribution in [3.63, 3.8) is 0 Å². The standard InChI is InChI=1S/C9H17Si.3CH3.Sn/c1-5-9(8-6-7-8)10(2,3)4;;;;/h1,5-7H2,2-4H3;3*1H3;. The molecule has 0 unspecified atom stereocenters. The van der Waals surface area contributed by atoms with E-state index in [2.05, 4.69) is 34.5 Å². The van der Waals surface area contributed by atoms with Gasteiger partial charge in [0.2, 0.25) is 0 Å². The molecule has 0 aromatic carbocycles. The quantitative estimate of drug-likeness (QED) is 0.660. The average Bonchev–Trinajstić information content (AvgIpc) is 2.64. The van der Waals surface area contributed by atoms with Gasteiger partial charge in [-0.3, -0.25) is 0 Å². The molecule has 0 aromatic rings. The van der Waals surface area contributed by atoms with E-state index in [1.54, 1.807) is 4.44 Å².